The number of methoxy groups -OCH3 is 1. The average molecular weight is 370 g/mol. The maximum Gasteiger partial charge on any atom is 0.313 e. The largest absolute Gasteiger partial charge is 0.497 e. The zero-order chi connectivity index (χ0) is 19.6. The van der Waals surface area contributed by atoms with Crippen LogP contribution in [0, 0.1) is 0 Å². The molecule has 0 aliphatic carbocycles. The van der Waals surface area contributed by atoms with Gasteiger partial charge >= 0.3 is 11.8 Å². The Hall–Kier alpha value is -3.02. The molecule has 27 heavy (non-hydrogen) atoms. The van der Waals surface area contributed by atoms with Gasteiger partial charge in [0.15, 0.2) is 0 Å². The van der Waals surface area contributed by atoms with Crippen molar-refractivity contribution in [1.29, 1.82) is 0 Å². The predicted octanol–water partition coefficient (Wildman–Crippen LogP) is 3.34. The van der Waals surface area contributed by atoms with Crippen LogP contribution in [0.2, 0.25) is 0 Å². The van der Waals surface area contributed by atoms with Crippen LogP contribution in [0.1, 0.15) is 31.7 Å². The number of nitrogens with one attached hydrogen (secondary N) is 2. The molecular formula is C21H26N2O4. The summed E-state index contributed by atoms with van der Waals surface area (Å²) in [6.45, 7) is 4.65. The summed E-state index contributed by atoms with van der Waals surface area (Å²) in [7, 11) is 1.59. The van der Waals surface area contributed by atoms with Crippen LogP contribution in [0.5, 0.6) is 11.5 Å². The molecule has 2 N–H and O–H groups in total. The lowest BCUT2D eigenvalue weighted by atomic mass is 9.97. The third-order valence-corrected chi connectivity index (χ3v) is 4.27. The molecule has 0 aromatic heterocycles. The SMILES string of the molecule is CCC(C)c1ccccc1NC(=O)C(=O)NCCOc1ccc(OC)cc1. The first-order chi connectivity index (χ1) is 13.0. The second kappa shape index (κ2) is 10.2. The monoisotopic (exact) mass is 370 g/mol. The van der Waals surface area contributed by atoms with Crippen LogP contribution in [0.15, 0.2) is 48.5 Å². The fraction of sp³-hybridized carbons (Fsp3) is 0.333. The van der Waals surface area contributed by atoms with Crippen LogP contribution in [0.3, 0.4) is 0 Å². The van der Waals surface area contributed by atoms with Gasteiger partial charge in [-0.15, -0.1) is 0 Å². The molecule has 1 atom stereocenters. The van der Waals surface area contributed by atoms with Crippen molar-refractivity contribution in [2.75, 3.05) is 25.6 Å². The zero-order valence-electron chi connectivity index (χ0n) is 16.0. The number of amides is 2. The van der Waals surface area contributed by atoms with Crippen molar-refractivity contribution in [3.05, 3.63) is 54.1 Å². The van der Waals surface area contributed by atoms with E-state index in [4.69, 9.17) is 9.47 Å². The van der Waals surface area contributed by atoms with Gasteiger partial charge in [-0.3, -0.25) is 9.59 Å². The van der Waals surface area contributed by atoms with Crippen LogP contribution in [-0.4, -0.2) is 32.1 Å². The molecule has 0 heterocycles. The Morgan fingerprint density at radius 3 is 2.33 bits per heavy atom. The molecule has 0 bridgehead atoms. The molecule has 1 unspecified atom stereocenters. The van der Waals surface area contributed by atoms with Gasteiger partial charge in [0.1, 0.15) is 18.1 Å². The highest BCUT2D eigenvalue weighted by Crippen LogP contribution is 2.26. The normalized spacial score (nSPS) is 11.4. The molecule has 0 saturated carbocycles. The van der Waals surface area contributed by atoms with Gasteiger partial charge < -0.3 is 20.1 Å². The second-order valence-electron chi connectivity index (χ2n) is 6.13. The van der Waals surface area contributed by atoms with Gasteiger partial charge in [-0.1, -0.05) is 32.0 Å². The highest BCUT2D eigenvalue weighted by molar-refractivity contribution is 6.39. The van der Waals surface area contributed by atoms with Crippen LogP contribution >= 0.6 is 0 Å². The Balaban J connectivity index is 1.79. The summed E-state index contributed by atoms with van der Waals surface area (Å²) in [5.74, 6) is 0.326. The van der Waals surface area contributed by atoms with Crippen molar-refractivity contribution >= 4 is 17.5 Å². The van der Waals surface area contributed by atoms with Crippen molar-refractivity contribution in [1.82, 2.24) is 5.32 Å². The lowest BCUT2D eigenvalue weighted by molar-refractivity contribution is -0.136. The third kappa shape index (κ3) is 6.02. The number of carbonyl (C=O) groups excluding carboxylic acids is 2. The van der Waals surface area contributed by atoms with E-state index in [1.807, 2.05) is 18.2 Å². The fourth-order valence-electron chi connectivity index (χ4n) is 2.53. The van der Waals surface area contributed by atoms with E-state index in [2.05, 4.69) is 24.5 Å². The maximum absolute atomic E-state index is 12.1. The van der Waals surface area contributed by atoms with E-state index in [9.17, 15) is 9.59 Å². The molecular weight excluding hydrogens is 344 g/mol. The first-order valence-corrected chi connectivity index (χ1v) is 9.00. The highest BCUT2D eigenvalue weighted by atomic mass is 16.5. The molecule has 0 spiro atoms. The molecule has 0 saturated heterocycles. The summed E-state index contributed by atoms with van der Waals surface area (Å²) in [5.41, 5.74) is 1.69. The standard InChI is InChI=1S/C21H26N2O4/c1-4-15(2)18-7-5-6-8-19(18)23-21(25)20(24)22-13-14-27-17-11-9-16(26-3)10-12-17/h5-12,15H,4,13-14H2,1-3H3,(H,22,24)(H,23,25). The topological polar surface area (TPSA) is 76.7 Å². The minimum atomic E-state index is -0.688. The number of benzene rings is 2. The molecule has 6 nitrogen and oxygen atoms in total. The lowest BCUT2D eigenvalue weighted by Gasteiger charge is -2.15. The van der Waals surface area contributed by atoms with Crippen molar-refractivity contribution in [3.63, 3.8) is 0 Å². The van der Waals surface area contributed by atoms with Crippen LogP contribution in [0.4, 0.5) is 5.69 Å². The highest BCUT2D eigenvalue weighted by Gasteiger charge is 2.16. The average Bonchev–Trinajstić information content (AvgIpc) is 2.71. The third-order valence-electron chi connectivity index (χ3n) is 4.27. The Labute approximate surface area is 159 Å². The van der Waals surface area contributed by atoms with Crippen molar-refractivity contribution in [2.24, 2.45) is 0 Å². The van der Waals surface area contributed by atoms with E-state index in [1.54, 1.807) is 37.4 Å². The smallest absolute Gasteiger partial charge is 0.313 e. The summed E-state index contributed by atoms with van der Waals surface area (Å²) in [6.07, 6.45) is 0.946. The van der Waals surface area contributed by atoms with Crippen LogP contribution in [-0.2, 0) is 9.59 Å². The second-order valence-corrected chi connectivity index (χ2v) is 6.13. The Bertz CT molecular complexity index is 759. The first-order valence-electron chi connectivity index (χ1n) is 9.00. The van der Waals surface area contributed by atoms with E-state index in [-0.39, 0.29) is 13.2 Å². The predicted molar refractivity (Wildman–Crippen MR) is 105 cm³/mol. The Kier molecular flexibility index (Phi) is 7.67. The fourth-order valence-corrected chi connectivity index (χ4v) is 2.53. The minimum Gasteiger partial charge on any atom is -0.497 e. The summed E-state index contributed by atoms with van der Waals surface area (Å²) in [6, 6.07) is 14.7. The summed E-state index contributed by atoms with van der Waals surface area (Å²) < 4.78 is 10.6. The number of ether oxygens (including phenoxy) is 2. The van der Waals surface area contributed by atoms with Crippen LogP contribution < -0.4 is 20.1 Å². The lowest BCUT2D eigenvalue weighted by Crippen LogP contribution is -2.37. The number of carbonyl (C=O) groups is 2. The molecule has 0 aliphatic heterocycles. The van der Waals surface area contributed by atoms with E-state index >= 15 is 0 Å². The Morgan fingerprint density at radius 2 is 1.67 bits per heavy atom. The molecule has 2 aromatic rings. The molecule has 0 fully saturated rings. The molecule has 0 aliphatic rings. The van der Waals surface area contributed by atoms with Gasteiger partial charge in [-0.2, -0.15) is 0 Å². The van der Waals surface area contributed by atoms with Crippen molar-refractivity contribution in [3.8, 4) is 11.5 Å². The van der Waals surface area contributed by atoms with Crippen LogP contribution in [0.25, 0.3) is 0 Å². The van der Waals surface area contributed by atoms with Gasteiger partial charge in [-0.25, -0.2) is 0 Å². The van der Waals surface area contributed by atoms with E-state index in [1.165, 1.54) is 0 Å². The first kappa shape index (κ1) is 20.3. The van der Waals surface area contributed by atoms with Gasteiger partial charge in [-0.05, 0) is 48.2 Å². The van der Waals surface area contributed by atoms with Gasteiger partial charge in [0.05, 0.1) is 13.7 Å². The van der Waals surface area contributed by atoms with E-state index in [0.717, 1.165) is 17.7 Å². The minimum absolute atomic E-state index is 0.227. The molecule has 6 heteroatoms. The quantitative estimate of drug-likeness (QED) is 0.552. The van der Waals surface area contributed by atoms with E-state index in [0.29, 0.717) is 17.4 Å². The summed E-state index contributed by atoms with van der Waals surface area (Å²) in [5, 5.41) is 5.25. The van der Waals surface area contributed by atoms with Gasteiger partial charge in [0, 0.05) is 5.69 Å². The number of anilines is 1. The van der Waals surface area contributed by atoms with E-state index < -0.39 is 11.8 Å². The van der Waals surface area contributed by atoms with Crippen molar-refractivity contribution in [2.45, 2.75) is 26.2 Å². The number of hydrogen-bond donors (Lipinski definition) is 2. The molecule has 2 rings (SSSR count). The molecule has 2 aromatic carbocycles. The summed E-state index contributed by atoms with van der Waals surface area (Å²) in [4.78, 5) is 24.1. The summed E-state index contributed by atoms with van der Waals surface area (Å²) >= 11 is 0. The number of para-hydroxylation sites is 1. The molecule has 0 radical (unpaired) electrons. The maximum atomic E-state index is 12.1. The van der Waals surface area contributed by atoms with Crippen molar-refractivity contribution < 1.29 is 19.1 Å². The van der Waals surface area contributed by atoms with Gasteiger partial charge in [0.2, 0.25) is 0 Å². The Morgan fingerprint density at radius 1 is 1.00 bits per heavy atom. The number of rotatable bonds is 8. The van der Waals surface area contributed by atoms with Gasteiger partial charge in [0.25, 0.3) is 0 Å². The molecule has 144 valence electrons. The number of hydrogen-bond acceptors (Lipinski definition) is 4. The zero-order valence-corrected chi connectivity index (χ0v) is 16.0. The molecule has 2 amide bonds.